The Kier molecular flexibility index (Phi) is 7.46. The van der Waals surface area contributed by atoms with Crippen LogP contribution in [0.25, 0.3) is 0 Å². The first-order chi connectivity index (χ1) is 13.7. The lowest BCUT2D eigenvalue weighted by Crippen LogP contribution is -2.46. The zero-order valence-electron chi connectivity index (χ0n) is 17.9. The topological polar surface area (TPSA) is 76.7 Å². The van der Waals surface area contributed by atoms with Crippen LogP contribution < -0.4 is 14.8 Å². The number of benzene rings is 1. The number of sulfonamides is 1. The third-order valence-electron chi connectivity index (χ3n) is 5.90. The summed E-state index contributed by atoms with van der Waals surface area (Å²) in [5, 5.41) is 3.52. The Morgan fingerprint density at radius 3 is 2.21 bits per heavy atom. The molecule has 1 aromatic carbocycles. The minimum absolute atomic E-state index is 0.0668. The van der Waals surface area contributed by atoms with Gasteiger partial charge in [0.25, 0.3) is 0 Å². The molecular weight excluding hydrogens is 388 g/mol. The second-order valence-electron chi connectivity index (χ2n) is 9.29. The molecule has 3 rings (SSSR count). The molecule has 0 bridgehead atoms. The van der Waals surface area contributed by atoms with Crippen molar-refractivity contribution in [3.8, 4) is 5.75 Å². The minimum Gasteiger partial charge on any atom is -0.490 e. The molecule has 1 saturated carbocycles. The van der Waals surface area contributed by atoms with Crippen molar-refractivity contribution in [2.24, 2.45) is 5.92 Å². The SMILES string of the molecule is CC(C)(C)S(=O)(=O)NC1CCC(CNc2ccc(OC3CCOCC3)cc2)CC1. The van der Waals surface area contributed by atoms with Gasteiger partial charge in [-0.1, -0.05) is 0 Å². The van der Waals surface area contributed by atoms with Crippen LogP contribution in [0, 0.1) is 5.92 Å². The minimum atomic E-state index is -3.27. The fourth-order valence-corrected chi connectivity index (χ4v) is 4.81. The van der Waals surface area contributed by atoms with Gasteiger partial charge in [-0.15, -0.1) is 0 Å². The molecule has 2 N–H and O–H groups in total. The van der Waals surface area contributed by atoms with Crippen molar-refractivity contribution < 1.29 is 17.9 Å². The molecule has 1 aliphatic heterocycles. The number of hydrogen-bond acceptors (Lipinski definition) is 5. The Morgan fingerprint density at radius 1 is 1.00 bits per heavy atom. The standard InChI is InChI=1S/C22H36N2O4S/c1-22(2,3)29(25,26)24-19-6-4-17(5-7-19)16-23-18-8-10-20(11-9-18)28-21-12-14-27-15-13-21/h8-11,17,19,21,23-24H,4-7,12-16H2,1-3H3. The highest BCUT2D eigenvalue weighted by Crippen LogP contribution is 2.27. The van der Waals surface area contributed by atoms with Crippen LogP contribution in [0.3, 0.4) is 0 Å². The van der Waals surface area contributed by atoms with E-state index in [9.17, 15) is 8.42 Å². The molecule has 29 heavy (non-hydrogen) atoms. The first kappa shape index (κ1) is 22.4. The third kappa shape index (κ3) is 6.59. The quantitative estimate of drug-likeness (QED) is 0.693. The first-order valence-corrected chi connectivity index (χ1v) is 12.3. The Balaban J connectivity index is 1.39. The Labute approximate surface area is 175 Å². The van der Waals surface area contributed by atoms with Crippen LogP contribution in [0.1, 0.15) is 59.3 Å². The van der Waals surface area contributed by atoms with Gasteiger partial charge in [0.1, 0.15) is 11.9 Å². The van der Waals surface area contributed by atoms with E-state index in [1.165, 1.54) is 0 Å². The summed E-state index contributed by atoms with van der Waals surface area (Å²) in [5.41, 5.74) is 1.10. The fourth-order valence-electron chi connectivity index (χ4n) is 3.78. The van der Waals surface area contributed by atoms with E-state index < -0.39 is 14.8 Å². The zero-order chi connectivity index (χ0) is 20.9. The van der Waals surface area contributed by atoms with Gasteiger partial charge in [-0.25, -0.2) is 13.1 Å². The molecule has 1 aliphatic carbocycles. The lowest BCUT2D eigenvalue weighted by molar-refractivity contribution is 0.0256. The number of ether oxygens (including phenoxy) is 2. The first-order valence-electron chi connectivity index (χ1n) is 10.8. The highest BCUT2D eigenvalue weighted by molar-refractivity contribution is 7.90. The summed E-state index contributed by atoms with van der Waals surface area (Å²) in [7, 11) is -3.27. The summed E-state index contributed by atoms with van der Waals surface area (Å²) < 4.78 is 38.2. The van der Waals surface area contributed by atoms with Crippen molar-refractivity contribution in [1.82, 2.24) is 4.72 Å². The molecule has 0 spiro atoms. The molecular formula is C22H36N2O4S. The highest BCUT2D eigenvalue weighted by Gasteiger charge is 2.32. The van der Waals surface area contributed by atoms with E-state index in [2.05, 4.69) is 22.2 Å². The normalized spacial score (nSPS) is 24.2. The molecule has 6 nitrogen and oxygen atoms in total. The van der Waals surface area contributed by atoms with Gasteiger partial charge in [0, 0.05) is 31.1 Å². The van der Waals surface area contributed by atoms with Crippen LogP contribution in [0.5, 0.6) is 5.75 Å². The lowest BCUT2D eigenvalue weighted by Gasteiger charge is -2.31. The zero-order valence-corrected chi connectivity index (χ0v) is 18.8. The summed E-state index contributed by atoms with van der Waals surface area (Å²) >= 11 is 0. The predicted octanol–water partition coefficient (Wildman–Crippen LogP) is 3.93. The van der Waals surface area contributed by atoms with Crippen LogP contribution in [-0.4, -0.2) is 45.1 Å². The highest BCUT2D eigenvalue weighted by atomic mass is 32.2. The van der Waals surface area contributed by atoms with E-state index in [0.717, 1.165) is 69.7 Å². The summed E-state index contributed by atoms with van der Waals surface area (Å²) in [6.45, 7) is 7.70. The van der Waals surface area contributed by atoms with E-state index in [1.54, 1.807) is 20.8 Å². The molecule has 0 unspecified atom stereocenters. The number of rotatable bonds is 7. The lowest BCUT2D eigenvalue weighted by atomic mass is 9.86. The molecule has 0 aromatic heterocycles. The Bertz CT molecular complexity index is 729. The molecule has 2 fully saturated rings. The summed E-state index contributed by atoms with van der Waals surface area (Å²) in [6, 6.07) is 8.25. The van der Waals surface area contributed by atoms with Crippen molar-refractivity contribution >= 4 is 15.7 Å². The monoisotopic (exact) mass is 424 g/mol. The van der Waals surface area contributed by atoms with Gasteiger partial charge in [-0.05, 0) is 76.6 Å². The Morgan fingerprint density at radius 2 is 1.62 bits per heavy atom. The van der Waals surface area contributed by atoms with E-state index in [4.69, 9.17) is 9.47 Å². The fraction of sp³-hybridized carbons (Fsp3) is 0.727. The van der Waals surface area contributed by atoms with E-state index in [0.29, 0.717) is 5.92 Å². The average Bonchev–Trinajstić information content (AvgIpc) is 2.68. The van der Waals surface area contributed by atoms with Crippen LogP contribution in [-0.2, 0) is 14.8 Å². The maximum absolute atomic E-state index is 12.3. The van der Waals surface area contributed by atoms with Gasteiger partial charge >= 0.3 is 0 Å². The molecule has 1 heterocycles. The molecule has 1 saturated heterocycles. The van der Waals surface area contributed by atoms with Crippen LogP contribution in [0.2, 0.25) is 0 Å². The van der Waals surface area contributed by atoms with Crippen molar-refractivity contribution in [1.29, 1.82) is 0 Å². The molecule has 164 valence electrons. The van der Waals surface area contributed by atoms with Gasteiger partial charge in [-0.2, -0.15) is 0 Å². The molecule has 0 radical (unpaired) electrons. The predicted molar refractivity (Wildman–Crippen MR) is 117 cm³/mol. The van der Waals surface area contributed by atoms with E-state index in [1.807, 2.05) is 12.1 Å². The largest absolute Gasteiger partial charge is 0.490 e. The van der Waals surface area contributed by atoms with Crippen molar-refractivity contribution in [2.75, 3.05) is 25.1 Å². The van der Waals surface area contributed by atoms with Gasteiger partial charge in [0.05, 0.1) is 18.0 Å². The Hall–Kier alpha value is -1.31. The van der Waals surface area contributed by atoms with Crippen LogP contribution >= 0.6 is 0 Å². The molecule has 2 aliphatic rings. The number of anilines is 1. The second-order valence-corrected chi connectivity index (χ2v) is 11.8. The molecule has 7 heteroatoms. The molecule has 1 aromatic rings. The number of hydrogen-bond donors (Lipinski definition) is 2. The van der Waals surface area contributed by atoms with Crippen LogP contribution in [0.15, 0.2) is 24.3 Å². The van der Waals surface area contributed by atoms with Gasteiger partial charge in [0.2, 0.25) is 10.0 Å². The summed E-state index contributed by atoms with van der Waals surface area (Å²) in [5.74, 6) is 1.48. The van der Waals surface area contributed by atoms with Crippen molar-refractivity contribution in [3.63, 3.8) is 0 Å². The summed E-state index contributed by atoms with van der Waals surface area (Å²) in [6.07, 6.45) is 6.04. The van der Waals surface area contributed by atoms with Crippen molar-refractivity contribution in [2.45, 2.75) is 76.2 Å². The van der Waals surface area contributed by atoms with Crippen molar-refractivity contribution in [3.05, 3.63) is 24.3 Å². The maximum atomic E-state index is 12.3. The van der Waals surface area contributed by atoms with Gasteiger partial charge in [0.15, 0.2) is 0 Å². The van der Waals surface area contributed by atoms with E-state index in [-0.39, 0.29) is 12.1 Å². The van der Waals surface area contributed by atoms with Gasteiger partial charge < -0.3 is 14.8 Å². The molecule has 0 atom stereocenters. The van der Waals surface area contributed by atoms with E-state index >= 15 is 0 Å². The number of nitrogens with one attached hydrogen (secondary N) is 2. The summed E-state index contributed by atoms with van der Waals surface area (Å²) in [4.78, 5) is 0. The maximum Gasteiger partial charge on any atom is 0.216 e. The molecule has 0 amide bonds. The smallest absolute Gasteiger partial charge is 0.216 e. The van der Waals surface area contributed by atoms with Gasteiger partial charge in [-0.3, -0.25) is 0 Å². The third-order valence-corrected chi connectivity index (χ3v) is 8.15. The average molecular weight is 425 g/mol. The second kappa shape index (κ2) is 9.67. The van der Waals surface area contributed by atoms with Crippen LogP contribution in [0.4, 0.5) is 5.69 Å².